The van der Waals surface area contributed by atoms with E-state index in [4.69, 9.17) is 14.2 Å². The third kappa shape index (κ3) is 31.9. The van der Waals surface area contributed by atoms with Gasteiger partial charge in [0.05, 0.1) is 19.8 Å². The molecule has 0 heterocycles. The number of esters is 1. The highest BCUT2D eigenvalue weighted by atomic mass is 16.5. The van der Waals surface area contributed by atoms with Gasteiger partial charge in [-0.15, -0.1) is 0 Å². The Kier molecular flexibility index (Phi) is 33.2. The van der Waals surface area contributed by atoms with Crippen molar-refractivity contribution in [2.45, 2.75) is 175 Å². The third-order valence-corrected chi connectivity index (χ3v) is 9.01. The smallest absolute Gasteiger partial charge is 0.320 e. The summed E-state index contributed by atoms with van der Waals surface area (Å²) < 4.78 is 17.8. The zero-order chi connectivity index (χ0) is 37.6. The summed E-state index contributed by atoms with van der Waals surface area (Å²) >= 11 is 0. The molecule has 0 radical (unpaired) electrons. The van der Waals surface area contributed by atoms with Crippen LogP contribution in [0, 0.1) is 0 Å². The van der Waals surface area contributed by atoms with Crippen molar-refractivity contribution in [1.82, 2.24) is 4.90 Å². The Hall–Kier alpha value is -2.79. The van der Waals surface area contributed by atoms with Crippen molar-refractivity contribution in [3.8, 4) is 11.5 Å². The van der Waals surface area contributed by atoms with Crippen LogP contribution in [0.2, 0.25) is 0 Å². The molecule has 0 amide bonds. The maximum atomic E-state index is 12.2. The fourth-order valence-electron chi connectivity index (χ4n) is 5.91. The van der Waals surface area contributed by atoms with Crippen molar-refractivity contribution in [1.29, 1.82) is 0 Å². The first-order chi connectivity index (χ1) is 25.5. The standard InChI is InChI=1S/C47H79NO4/c1-5-7-9-11-13-15-17-19-21-23-25-27-29-31-33-35-37-50-45-39-44(43-52-47(49)42-48(3)4)40-46(41-45)51-38-36-34-32-30-28-26-24-22-20-18-16-14-12-10-8-6-2/h13-16,19-22,39-41H,5-12,17-18,23-38,42-43H2,1-4H3/b15-13-,16-14-,21-19-,22-20-. The molecule has 0 saturated heterocycles. The van der Waals surface area contributed by atoms with Crippen LogP contribution in [0.1, 0.15) is 174 Å². The van der Waals surface area contributed by atoms with Crippen LogP contribution in [0.5, 0.6) is 11.5 Å². The summed E-state index contributed by atoms with van der Waals surface area (Å²) in [5, 5.41) is 0. The number of unbranched alkanes of at least 4 members (excludes halogenated alkanes) is 18. The molecule has 0 bridgehead atoms. The second-order valence-electron chi connectivity index (χ2n) is 14.6. The van der Waals surface area contributed by atoms with E-state index in [-0.39, 0.29) is 19.1 Å². The van der Waals surface area contributed by atoms with Gasteiger partial charge in [0, 0.05) is 6.07 Å². The minimum Gasteiger partial charge on any atom is -0.493 e. The van der Waals surface area contributed by atoms with Crippen molar-refractivity contribution >= 4 is 5.97 Å². The van der Waals surface area contributed by atoms with Crippen LogP contribution in [0.3, 0.4) is 0 Å². The molecule has 1 rings (SSSR count). The molecule has 5 heteroatoms. The molecule has 0 aromatic heterocycles. The SMILES string of the molecule is CCCCC/C=C\C/C=C\CCCCCCCCOc1cc(COC(=O)CN(C)C)cc(OCCCCCCCC/C=C\C/C=C\CCCCC)c1. The van der Waals surface area contributed by atoms with Crippen molar-refractivity contribution < 1.29 is 19.0 Å². The van der Waals surface area contributed by atoms with Gasteiger partial charge in [-0.1, -0.05) is 140 Å². The lowest BCUT2D eigenvalue weighted by Crippen LogP contribution is -2.23. The molecule has 0 atom stereocenters. The van der Waals surface area contributed by atoms with Crippen molar-refractivity contribution in [2.24, 2.45) is 0 Å². The quantitative estimate of drug-likeness (QED) is 0.0392. The summed E-state index contributed by atoms with van der Waals surface area (Å²) in [5.41, 5.74) is 0.897. The fourth-order valence-corrected chi connectivity index (χ4v) is 5.91. The van der Waals surface area contributed by atoms with Gasteiger partial charge in [0.1, 0.15) is 18.1 Å². The molecule has 0 unspecified atom stereocenters. The van der Waals surface area contributed by atoms with Crippen LogP contribution in [0.25, 0.3) is 0 Å². The van der Waals surface area contributed by atoms with Crippen LogP contribution in [0.15, 0.2) is 66.8 Å². The molecule has 0 aliphatic rings. The number of benzene rings is 1. The van der Waals surface area contributed by atoms with E-state index in [9.17, 15) is 4.79 Å². The Morgan fingerprint density at radius 2 is 0.904 bits per heavy atom. The highest BCUT2D eigenvalue weighted by Gasteiger charge is 2.09. The molecule has 0 fully saturated rings. The Bertz CT molecular complexity index is 1000. The minimum absolute atomic E-state index is 0.218. The first kappa shape index (κ1) is 47.2. The van der Waals surface area contributed by atoms with Crippen LogP contribution in [-0.2, 0) is 16.1 Å². The number of allylic oxidation sites excluding steroid dienone is 8. The Labute approximate surface area is 321 Å². The summed E-state index contributed by atoms with van der Waals surface area (Å²) in [6.07, 6.45) is 48.1. The lowest BCUT2D eigenvalue weighted by molar-refractivity contribution is -0.145. The van der Waals surface area contributed by atoms with E-state index in [1.807, 2.05) is 37.2 Å². The second-order valence-corrected chi connectivity index (χ2v) is 14.6. The number of ether oxygens (including phenoxy) is 3. The van der Waals surface area contributed by atoms with Gasteiger partial charge in [-0.25, -0.2) is 0 Å². The zero-order valence-corrected chi connectivity index (χ0v) is 34.2. The number of hydrogen-bond donors (Lipinski definition) is 0. The largest absolute Gasteiger partial charge is 0.493 e. The summed E-state index contributed by atoms with van der Waals surface area (Å²) in [6.45, 7) is 6.36. The Morgan fingerprint density at radius 3 is 1.31 bits per heavy atom. The summed E-state index contributed by atoms with van der Waals surface area (Å²) in [7, 11) is 3.73. The van der Waals surface area contributed by atoms with Gasteiger partial charge >= 0.3 is 5.97 Å². The van der Waals surface area contributed by atoms with Crippen molar-refractivity contribution in [2.75, 3.05) is 33.9 Å². The molecule has 0 spiro atoms. The zero-order valence-electron chi connectivity index (χ0n) is 34.2. The Balaban J connectivity index is 2.28. The highest BCUT2D eigenvalue weighted by molar-refractivity contribution is 5.71. The van der Waals surface area contributed by atoms with Gasteiger partial charge in [-0.3, -0.25) is 9.69 Å². The molecular formula is C47H79NO4. The lowest BCUT2D eigenvalue weighted by Gasteiger charge is -2.14. The average Bonchev–Trinajstić information content (AvgIpc) is 3.13. The predicted octanol–water partition coefficient (Wildman–Crippen LogP) is 13.7. The Morgan fingerprint density at radius 1 is 0.519 bits per heavy atom. The number of rotatable bonds is 36. The number of carbonyl (C=O) groups is 1. The molecular weight excluding hydrogens is 643 g/mol. The number of hydrogen-bond acceptors (Lipinski definition) is 5. The molecule has 296 valence electrons. The first-order valence-corrected chi connectivity index (χ1v) is 21.3. The highest BCUT2D eigenvalue weighted by Crippen LogP contribution is 2.25. The molecule has 0 aliphatic heterocycles. The number of likely N-dealkylation sites (N-methyl/N-ethyl adjacent to an activating group) is 1. The lowest BCUT2D eigenvalue weighted by atomic mass is 10.1. The normalized spacial score (nSPS) is 12.0. The minimum atomic E-state index is -0.235. The monoisotopic (exact) mass is 722 g/mol. The molecule has 1 aromatic rings. The van der Waals surface area contributed by atoms with E-state index >= 15 is 0 Å². The summed E-state index contributed by atoms with van der Waals surface area (Å²) in [6, 6.07) is 5.94. The molecule has 52 heavy (non-hydrogen) atoms. The van der Waals surface area contributed by atoms with Crippen LogP contribution in [0.4, 0.5) is 0 Å². The van der Waals surface area contributed by atoms with E-state index in [0.29, 0.717) is 13.2 Å². The average molecular weight is 722 g/mol. The van der Waals surface area contributed by atoms with Crippen molar-refractivity contribution in [3.63, 3.8) is 0 Å². The van der Waals surface area contributed by atoms with Gasteiger partial charge in [0.15, 0.2) is 0 Å². The first-order valence-electron chi connectivity index (χ1n) is 21.3. The molecule has 0 saturated carbocycles. The number of carbonyl (C=O) groups excluding carboxylic acids is 1. The molecule has 0 N–H and O–H groups in total. The van der Waals surface area contributed by atoms with Gasteiger partial charge < -0.3 is 14.2 Å². The van der Waals surface area contributed by atoms with Crippen LogP contribution in [-0.4, -0.2) is 44.7 Å². The van der Waals surface area contributed by atoms with Gasteiger partial charge in [0.2, 0.25) is 0 Å². The van der Waals surface area contributed by atoms with E-state index in [1.54, 1.807) is 0 Å². The molecule has 1 aromatic carbocycles. The van der Waals surface area contributed by atoms with E-state index < -0.39 is 0 Å². The third-order valence-electron chi connectivity index (χ3n) is 9.01. The molecule has 5 nitrogen and oxygen atoms in total. The van der Waals surface area contributed by atoms with E-state index in [2.05, 4.69) is 62.5 Å². The fraction of sp³-hybridized carbons (Fsp3) is 0.681. The van der Waals surface area contributed by atoms with Gasteiger partial charge in [0.25, 0.3) is 0 Å². The van der Waals surface area contributed by atoms with Crippen molar-refractivity contribution in [3.05, 3.63) is 72.4 Å². The van der Waals surface area contributed by atoms with Gasteiger partial charge in [-0.05, 0) is 109 Å². The summed E-state index contributed by atoms with van der Waals surface area (Å²) in [4.78, 5) is 14.0. The maximum absolute atomic E-state index is 12.2. The number of nitrogens with zero attached hydrogens (tertiary/aromatic N) is 1. The van der Waals surface area contributed by atoms with E-state index in [0.717, 1.165) is 42.7 Å². The topological polar surface area (TPSA) is 48.0 Å². The summed E-state index contributed by atoms with van der Waals surface area (Å²) in [5.74, 6) is 1.34. The predicted molar refractivity (Wildman–Crippen MR) is 224 cm³/mol. The van der Waals surface area contributed by atoms with Crippen LogP contribution >= 0.6 is 0 Å². The van der Waals surface area contributed by atoms with Crippen LogP contribution < -0.4 is 9.47 Å². The molecule has 0 aliphatic carbocycles. The van der Waals surface area contributed by atoms with E-state index in [1.165, 1.54) is 128 Å². The maximum Gasteiger partial charge on any atom is 0.320 e. The van der Waals surface area contributed by atoms with Gasteiger partial charge in [-0.2, -0.15) is 0 Å². The second kappa shape index (κ2) is 36.6.